The maximum absolute atomic E-state index is 11.4. The molecule has 0 amide bonds. The summed E-state index contributed by atoms with van der Waals surface area (Å²) in [5, 5.41) is 11.2. The van der Waals surface area contributed by atoms with E-state index < -0.39 is 5.97 Å². The van der Waals surface area contributed by atoms with Gasteiger partial charge in [-0.2, -0.15) is 0 Å². The number of rotatable bonds is 3. The molecule has 2 aliphatic rings. The molecule has 114 valence electrons. The molecule has 0 unspecified atom stereocenters. The van der Waals surface area contributed by atoms with Crippen molar-refractivity contribution in [3.63, 3.8) is 0 Å². The number of piperazine rings is 1. The molecule has 0 radical (unpaired) electrons. The zero-order valence-electron chi connectivity index (χ0n) is 12.5. The predicted molar refractivity (Wildman–Crippen MR) is 87.7 cm³/mol. The van der Waals surface area contributed by atoms with E-state index in [4.69, 9.17) is 0 Å². The molecule has 4 nitrogen and oxygen atoms in total. The Hall–Kier alpha value is -2.07. The van der Waals surface area contributed by atoms with Gasteiger partial charge in [0.2, 0.25) is 0 Å². The van der Waals surface area contributed by atoms with E-state index in [1.54, 1.807) is 6.07 Å². The summed E-state index contributed by atoms with van der Waals surface area (Å²) in [6.45, 7) is 4.26. The first-order valence-electron chi connectivity index (χ1n) is 7.98. The molecule has 1 heterocycles. The first kappa shape index (κ1) is 13.6. The van der Waals surface area contributed by atoms with Crippen LogP contribution in [0.2, 0.25) is 0 Å². The van der Waals surface area contributed by atoms with Gasteiger partial charge in [0.15, 0.2) is 0 Å². The normalized spacial score (nSPS) is 19.5. The van der Waals surface area contributed by atoms with Crippen LogP contribution in [0.5, 0.6) is 0 Å². The SMILES string of the molecule is O=C(O)c1ccc(N2CCN(C3CC3)CC2)c2ccccc12. The molecule has 0 aromatic heterocycles. The average Bonchev–Trinajstić information content (AvgIpc) is 3.39. The molecular weight excluding hydrogens is 276 g/mol. The summed E-state index contributed by atoms with van der Waals surface area (Å²) in [4.78, 5) is 16.4. The Labute approximate surface area is 129 Å². The molecule has 4 heteroatoms. The minimum absolute atomic E-state index is 0.385. The Morgan fingerprint density at radius 3 is 2.27 bits per heavy atom. The van der Waals surface area contributed by atoms with Crippen molar-refractivity contribution < 1.29 is 9.90 Å². The molecule has 1 saturated heterocycles. The van der Waals surface area contributed by atoms with Crippen molar-refractivity contribution in [1.29, 1.82) is 0 Å². The number of carboxylic acid groups (broad SMARTS) is 1. The van der Waals surface area contributed by atoms with Gasteiger partial charge in [0.05, 0.1) is 5.56 Å². The Bertz CT molecular complexity index is 716. The minimum Gasteiger partial charge on any atom is -0.478 e. The molecule has 1 aliphatic carbocycles. The molecular formula is C18H20N2O2. The molecule has 2 fully saturated rings. The van der Waals surface area contributed by atoms with Gasteiger partial charge in [-0.15, -0.1) is 0 Å². The van der Waals surface area contributed by atoms with Crippen molar-refractivity contribution >= 4 is 22.4 Å². The maximum Gasteiger partial charge on any atom is 0.336 e. The number of nitrogens with zero attached hydrogens (tertiary/aromatic N) is 2. The van der Waals surface area contributed by atoms with Gasteiger partial charge in [-0.05, 0) is 30.4 Å². The lowest BCUT2D eigenvalue weighted by molar-refractivity contribution is 0.0699. The molecule has 2 aromatic carbocycles. The largest absolute Gasteiger partial charge is 0.478 e. The van der Waals surface area contributed by atoms with Crippen LogP contribution in [-0.4, -0.2) is 48.2 Å². The van der Waals surface area contributed by atoms with Crippen molar-refractivity contribution in [2.24, 2.45) is 0 Å². The van der Waals surface area contributed by atoms with Crippen LogP contribution in [0.15, 0.2) is 36.4 Å². The fourth-order valence-electron chi connectivity index (χ4n) is 3.51. The van der Waals surface area contributed by atoms with E-state index >= 15 is 0 Å². The number of aromatic carboxylic acids is 1. The number of carbonyl (C=O) groups is 1. The number of anilines is 1. The molecule has 1 N–H and O–H groups in total. The quantitative estimate of drug-likeness (QED) is 0.946. The van der Waals surface area contributed by atoms with Crippen molar-refractivity contribution in [1.82, 2.24) is 4.90 Å². The lowest BCUT2D eigenvalue weighted by Crippen LogP contribution is -2.47. The van der Waals surface area contributed by atoms with Gasteiger partial charge in [-0.1, -0.05) is 24.3 Å². The zero-order valence-corrected chi connectivity index (χ0v) is 12.5. The van der Waals surface area contributed by atoms with Gasteiger partial charge in [0.25, 0.3) is 0 Å². The Morgan fingerprint density at radius 2 is 1.64 bits per heavy atom. The van der Waals surface area contributed by atoms with E-state index in [-0.39, 0.29) is 0 Å². The Kier molecular flexibility index (Phi) is 3.26. The summed E-state index contributed by atoms with van der Waals surface area (Å²) in [5.74, 6) is -0.860. The number of fused-ring (bicyclic) bond motifs is 1. The van der Waals surface area contributed by atoms with Gasteiger partial charge < -0.3 is 10.0 Å². The number of hydrogen-bond acceptors (Lipinski definition) is 3. The molecule has 1 aliphatic heterocycles. The number of hydrogen-bond donors (Lipinski definition) is 1. The van der Waals surface area contributed by atoms with Gasteiger partial charge in [-0.25, -0.2) is 4.79 Å². The van der Waals surface area contributed by atoms with E-state index in [2.05, 4.69) is 9.80 Å². The van der Waals surface area contributed by atoms with Gasteiger partial charge in [0.1, 0.15) is 0 Å². The highest BCUT2D eigenvalue weighted by Crippen LogP contribution is 2.32. The summed E-state index contributed by atoms with van der Waals surface area (Å²) in [6, 6.07) is 12.4. The molecule has 4 rings (SSSR count). The van der Waals surface area contributed by atoms with Crippen LogP contribution >= 0.6 is 0 Å². The van der Waals surface area contributed by atoms with E-state index in [1.165, 1.54) is 12.8 Å². The summed E-state index contributed by atoms with van der Waals surface area (Å²) < 4.78 is 0. The summed E-state index contributed by atoms with van der Waals surface area (Å²) in [7, 11) is 0. The van der Waals surface area contributed by atoms with Crippen LogP contribution in [0, 0.1) is 0 Å². The lowest BCUT2D eigenvalue weighted by atomic mass is 10.0. The fraction of sp³-hybridized carbons (Fsp3) is 0.389. The zero-order chi connectivity index (χ0) is 15.1. The summed E-state index contributed by atoms with van der Waals surface area (Å²) in [5.41, 5.74) is 1.55. The molecule has 22 heavy (non-hydrogen) atoms. The highest BCUT2D eigenvalue weighted by molar-refractivity contribution is 6.07. The Morgan fingerprint density at radius 1 is 0.955 bits per heavy atom. The summed E-state index contributed by atoms with van der Waals surface area (Å²) >= 11 is 0. The molecule has 0 spiro atoms. The predicted octanol–water partition coefficient (Wildman–Crippen LogP) is 2.82. The van der Waals surface area contributed by atoms with Crippen molar-refractivity contribution in [2.45, 2.75) is 18.9 Å². The highest BCUT2D eigenvalue weighted by Gasteiger charge is 2.31. The molecule has 0 atom stereocenters. The molecule has 0 bridgehead atoms. The second-order valence-corrected chi connectivity index (χ2v) is 6.24. The van der Waals surface area contributed by atoms with E-state index in [1.807, 2.05) is 30.3 Å². The van der Waals surface area contributed by atoms with Gasteiger partial charge in [-0.3, -0.25) is 4.90 Å². The second-order valence-electron chi connectivity index (χ2n) is 6.24. The van der Waals surface area contributed by atoms with Gasteiger partial charge in [0, 0.05) is 43.3 Å². The topological polar surface area (TPSA) is 43.8 Å². The standard InChI is InChI=1S/C18H20N2O2/c21-18(22)16-7-8-17(15-4-2-1-3-14(15)16)20-11-9-19(10-12-20)13-5-6-13/h1-4,7-8,13H,5-6,9-12H2,(H,21,22). The van der Waals surface area contributed by atoms with Crippen LogP contribution in [0.25, 0.3) is 10.8 Å². The number of carboxylic acids is 1. The lowest BCUT2D eigenvalue weighted by Gasteiger charge is -2.36. The fourth-order valence-corrected chi connectivity index (χ4v) is 3.51. The summed E-state index contributed by atoms with van der Waals surface area (Å²) in [6.07, 6.45) is 2.71. The van der Waals surface area contributed by atoms with Crippen molar-refractivity contribution in [3.8, 4) is 0 Å². The molecule has 1 saturated carbocycles. The van der Waals surface area contributed by atoms with Crippen LogP contribution in [-0.2, 0) is 0 Å². The monoisotopic (exact) mass is 296 g/mol. The third-order valence-corrected chi connectivity index (χ3v) is 4.85. The van der Waals surface area contributed by atoms with Crippen LogP contribution in [0.1, 0.15) is 23.2 Å². The van der Waals surface area contributed by atoms with Crippen LogP contribution in [0.4, 0.5) is 5.69 Å². The van der Waals surface area contributed by atoms with Crippen molar-refractivity contribution in [3.05, 3.63) is 42.0 Å². The van der Waals surface area contributed by atoms with Crippen LogP contribution < -0.4 is 4.90 Å². The van der Waals surface area contributed by atoms with E-state index in [0.29, 0.717) is 5.56 Å². The third kappa shape index (κ3) is 2.33. The minimum atomic E-state index is -0.860. The third-order valence-electron chi connectivity index (χ3n) is 4.85. The number of benzene rings is 2. The van der Waals surface area contributed by atoms with E-state index in [9.17, 15) is 9.90 Å². The van der Waals surface area contributed by atoms with E-state index in [0.717, 1.165) is 48.7 Å². The smallest absolute Gasteiger partial charge is 0.336 e. The first-order chi connectivity index (χ1) is 10.7. The first-order valence-corrected chi connectivity index (χ1v) is 7.98. The second kappa shape index (κ2) is 5.29. The van der Waals surface area contributed by atoms with Gasteiger partial charge >= 0.3 is 5.97 Å². The maximum atomic E-state index is 11.4. The molecule has 2 aromatic rings. The Balaban J connectivity index is 1.67. The van der Waals surface area contributed by atoms with Crippen LogP contribution in [0.3, 0.4) is 0 Å². The highest BCUT2D eigenvalue weighted by atomic mass is 16.4. The average molecular weight is 296 g/mol. The van der Waals surface area contributed by atoms with Crippen molar-refractivity contribution in [2.75, 3.05) is 31.1 Å².